The maximum absolute atomic E-state index is 6.68. The fraction of sp³-hybridized carbons (Fsp3) is 0.750. The lowest BCUT2D eigenvalue weighted by Crippen LogP contribution is -2.41. The third kappa shape index (κ3) is 9.01. The Morgan fingerprint density at radius 1 is 0.490 bits per heavy atom. The van der Waals surface area contributed by atoms with E-state index < -0.39 is 0 Å². The van der Waals surface area contributed by atoms with E-state index in [-0.39, 0.29) is 51.2 Å². The molecule has 0 amide bonds. The quantitative estimate of drug-likeness (QED) is 0.101. The number of benzene rings is 1. The Bertz CT molecular complexity index is 1300. The third-order valence-electron chi connectivity index (χ3n) is 13.4. The highest BCUT2D eigenvalue weighted by Gasteiger charge is 2.54. The van der Waals surface area contributed by atoms with Gasteiger partial charge in [-0.3, -0.25) is 0 Å². The SMILES string of the molecule is CCCCCCCCCCC1(CCCCCCCCCC)c2cc(B3OC(C)(C)C(C)(C)O3)ccc2-c2ccc(B3OC(C)(C)C(C)(C)O3)[siH]c21. The van der Waals surface area contributed by atoms with Crippen LogP contribution in [0.2, 0.25) is 0 Å². The van der Waals surface area contributed by atoms with Gasteiger partial charge < -0.3 is 18.6 Å². The highest BCUT2D eigenvalue weighted by molar-refractivity contribution is 6.76. The highest BCUT2D eigenvalue weighted by Crippen LogP contribution is 2.53. The van der Waals surface area contributed by atoms with Gasteiger partial charge in [-0.05, 0) is 101 Å². The number of hydrogen-bond donors (Lipinski definition) is 0. The molecule has 3 heterocycles. The molecule has 5 rings (SSSR count). The number of unbranched alkanes of at least 4 members (excludes halogenated alkanes) is 14. The van der Waals surface area contributed by atoms with E-state index in [2.05, 4.69) is 99.6 Å². The molecule has 2 fully saturated rings. The Labute approximate surface area is 316 Å². The summed E-state index contributed by atoms with van der Waals surface area (Å²) in [4.78, 5) is 0. The van der Waals surface area contributed by atoms with E-state index in [0.717, 1.165) is 5.46 Å². The van der Waals surface area contributed by atoms with Crippen molar-refractivity contribution in [2.75, 3.05) is 0 Å². The molecule has 0 saturated carbocycles. The zero-order chi connectivity index (χ0) is 36.9. The molecule has 0 radical (unpaired) electrons. The average Bonchev–Trinajstić information content (AvgIpc) is 3.57. The summed E-state index contributed by atoms with van der Waals surface area (Å²) < 4.78 is 26.7. The van der Waals surface area contributed by atoms with Gasteiger partial charge in [0, 0.05) is 14.5 Å². The van der Waals surface area contributed by atoms with E-state index in [4.69, 9.17) is 18.6 Å². The molecule has 4 nitrogen and oxygen atoms in total. The second kappa shape index (κ2) is 17.1. The molecule has 1 aliphatic carbocycles. The predicted molar refractivity (Wildman–Crippen MR) is 221 cm³/mol. The van der Waals surface area contributed by atoms with E-state index in [1.807, 2.05) is 0 Å². The van der Waals surface area contributed by atoms with Crippen LogP contribution in [0.25, 0.3) is 11.1 Å². The predicted octanol–water partition coefficient (Wildman–Crippen LogP) is 10.7. The first kappa shape index (κ1) is 40.9. The lowest BCUT2D eigenvalue weighted by Gasteiger charge is -2.34. The summed E-state index contributed by atoms with van der Waals surface area (Å²) in [6, 6.07) is 12.0. The van der Waals surface area contributed by atoms with E-state index in [1.165, 1.54) is 137 Å². The van der Waals surface area contributed by atoms with Crippen LogP contribution in [0, 0.1) is 0 Å². The van der Waals surface area contributed by atoms with Gasteiger partial charge in [-0.1, -0.05) is 147 Å². The van der Waals surface area contributed by atoms with Gasteiger partial charge in [0.2, 0.25) is 0 Å². The van der Waals surface area contributed by atoms with Crippen molar-refractivity contribution in [1.29, 1.82) is 0 Å². The van der Waals surface area contributed by atoms with E-state index in [9.17, 15) is 0 Å². The minimum absolute atomic E-state index is 0.0315. The van der Waals surface area contributed by atoms with Gasteiger partial charge >= 0.3 is 14.2 Å². The number of fused-ring (bicyclic) bond motifs is 3. The van der Waals surface area contributed by atoms with Crippen molar-refractivity contribution in [2.45, 2.75) is 213 Å². The molecule has 0 spiro atoms. The lowest BCUT2D eigenvalue weighted by atomic mass is 9.70. The Morgan fingerprint density at radius 2 is 0.902 bits per heavy atom. The van der Waals surface area contributed by atoms with Crippen molar-refractivity contribution in [3.05, 3.63) is 41.1 Å². The van der Waals surface area contributed by atoms with Crippen molar-refractivity contribution in [1.82, 2.24) is 0 Å². The first-order chi connectivity index (χ1) is 24.2. The van der Waals surface area contributed by atoms with Gasteiger partial charge in [-0.15, -0.1) is 0 Å². The largest absolute Gasteiger partial charge is 0.494 e. The average molecular weight is 715 g/mol. The van der Waals surface area contributed by atoms with Crippen molar-refractivity contribution in [3.63, 3.8) is 0 Å². The Balaban J connectivity index is 1.49. The standard InChI is InChI=1S/C44H72B2O4Si/c1-11-13-15-17-19-21-23-25-31-44(32-26-24-22-20-18-16-14-12-2)37-33-34(45-47-40(3,4)41(5,6)48-45)27-28-35(37)36-29-30-38(51-39(36)44)46-49-42(7,8)43(9,10)50-46/h27-30,33,51H,11-26,31-32H2,1-10H3. The molecule has 0 bridgehead atoms. The van der Waals surface area contributed by atoms with Gasteiger partial charge in [-0.25, -0.2) is 0 Å². The summed E-state index contributed by atoms with van der Waals surface area (Å²) in [5.74, 6) is 0. The molecular formula is C44H72B2O4Si. The van der Waals surface area contributed by atoms with Gasteiger partial charge in [0.15, 0.2) is 0 Å². The van der Waals surface area contributed by atoms with Crippen LogP contribution in [-0.2, 0) is 24.0 Å². The summed E-state index contributed by atoms with van der Waals surface area (Å²) in [5.41, 5.74) is 4.22. The molecule has 2 saturated heterocycles. The molecule has 2 aromatic rings. The molecule has 7 heteroatoms. The Kier molecular flexibility index (Phi) is 13.7. The van der Waals surface area contributed by atoms with Crippen LogP contribution in [-0.4, -0.2) is 45.8 Å². The highest BCUT2D eigenvalue weighted by atomic mass is 28.2. The molecule has 282 valence electrons. The van der Waals surface area contributed by atoms with E-state index >= 15 is 0 Å². The minimum atomic E-state index is -0.362. The maximum Gasteiger partial charge on any atom is 0.494 e. The second-order valence-corrected chi connectivity index (χ2v) is 19.9. The topological polar surface area (TPSA) is 36.9 Å². The maximum atomic E-state index is 6.68. The monoisotopic (exact) mass is 715 g/mol. The van der Waals surface area contributed by atoms with Crippen LogP contribution >= 0.6 is 0 Å². The summed E-state index contributed by atoms with van der Waals surface area (Å²) in [5, 5.41) is 3.03. The van der Waals surface area contributed by atoms with Crippen LogP contribution in [0.3, 0.4) is 0 Å². The zero-order valence-electron chi connectivity index (χ0n) is 34.5. The fourth-order valence-electron chi connectivity index (χ4n) is 8.57. The van der Waals surface area contributed by atoms with E-state index in [0.29, 0.717) is 0 Å². The van der Waals surface area contributed by atoms with Crippen LogP contribution in [0.5, 0.6) is 0 Å². The molecule has 51 heavy (non-hydrogen) atoms. The van der Waals surface area contributed by atoms with Crippen molar-refractivity contribution < 1.29 is 18.6 Å². The smallest absolute Gasteiger partial charge is 0.400 e. The molecule has 0 atom stereocenters. The molecule has 1 aromatic heterocycles. The van der Waals surface area contributed by atoms with Gasteiger partial charge in [0.05, 0.1) is 22.4 Å². The Morgan fingerprint density at radius 3 is 1.37 bits per heavy atom. The normalized spacial score (nSPS) is 20.6. The first-order valence-electron chi connectivity index (χ1n) is 21.2. The van der Waals surface area contributed by atoms with Crippen LogP contribution in [0.4, 0.5) is 0 Å². The van der Waals surface area contributed by atoms with Crippen molar-refractivity contribution >= 4 is 33.9 Å². The van der Waals surface area contributed by atoms with Crippen LogP contribution in [0.1, 0.15) is 196 Å². The van der Waals surface area contributed by atoms with Crippen molar-refractivity contribution in [3.8, 4) is 11.1 Å². The molecule has 0 N–H and O–H groups in total. The van der Waals surface area contributed by atoms with Crippen LogP contribution in [0.15, 0.2) is 30.3 Å². The molecule has 3 aliphatic rings. The number of hydrogen-bond acceptors (Lipinski definition) is 4. The molecular weight excluding hydrogens is 642 g/mol. The summed E-state index contributed by atoms with van der Waals surface area (Å²) in [6.45, 7) is 22.0. The fourth-order valence-corrected chi connectivity index (χ4v) is 10.5. The van der Waals surface area contributed by atoms with Crippen LogP contribution < -0.4 is 10.5 Å². The second-order valence-electron chi connectivity index (χ2n) is 18.3. The lowest BCUT2D eigenvalue weighted by molar-refractivity contribution is 0.00578. The summed E-state index contributed by atoms with van der Waals surface area (Å²) in [6.07, 6.45) is 24.0. The molecule has 2 aliphatic heterocycles. The summed E-state index contributed by atoms with van der Waals surface area (Å²) >= 11 is 0. The summed E-state index contributed by atoms with van der Waals surface area (Å²) in [7, 11) is -0.751. The van der Waals surface area contributed by atoms with Crippen molar-refractivity contribution in [2.24, 2.45) is 0 Å². The third-order valence-corrected chi connectivity index (χ3v) is 15.3. The minimum Gasteiger partial charge on any atom is -0.400 e. The molecule has 0 unspecified atom stereocenters. The number of rotatable bonds is 20. The van der Waals surface area contributed by atoms with E-state index in [1.54, 1.807) is 5.17 Å². The Hall–Kier alpha value is -1.24. The first-order valence-corrected chi connectivity index (χ1v) is 22.3. The van der Waals surface area contributed by atoms with Gasteiger partial charge in [0.1, 0.15) is 0 Å². The zero-order valence-corrected chi connectivity index (χ0v) is 35.6. The van der Waals surface area contributed by atoms with Gasteiger partial charge in [-0.2, -0.15) is 0 Å². The van der Waals surface area contributed by atoms with Gasteiger partial charge in [0.25, 0.3) is 0 Å². The molecule has 1 aromatic carbocycles.